The van der Waals surface area contributed by atoms with Gasteiger partial charge in [-0.2, -0.15) is 8.78 Å². The van der Waals surface area contributed by atoms with E-state index in [2.05, 4.69) is 11.6 Å². The third kappa shape index (κ3) is 1.92. The van der Waals surface area contributed by atoms with Crippen molar-refractivity contribution in [2.75, 3.05) is 6.61 Å². The molecule has 1 heterocycles. The molecule has 1 unspecified atom stereocenters. The highest BCUT2D eigenvalue weighted by atomic mass is 19.3. The molecule has 1 aromatic rings. The van der Waals surface area contributed by atoms with Gasteiger partial charge < -0.3 is 4.74 Å². The molecular weight excluding hydrogens is 250 g/mol. The first kappa shape index (κ1) is 12.8. The predicted molar refractivity (Wildman–Crippen MR) is 57.6 cm³/mol. The maximum Gasteiger partial charge on any atom is 0.317 e. The summed E-state index contributed by atoms with van der Waals surface area (Å²) < 4.78 is 58.7. The molecule has 0 aliphatic carbocycles. The lowest BCUT2D eigenvalue weighted by Gasteiger charge is -2.20. The lowest BCUT2D eigenvalue weighted by molar-refractivity contribution is -0.0106. The van der Waals surface area contributed by atoms with Crippen molar-refractivity contribution >= 4 is 6.21 Å². The fraction of sp³-hybridized carbons (Fsp3) is 0.250. The second kappa shape index (κ2) is 4.20. The summed E-state index contributed by atoms with van der Waals surface area (Å²) in [5, 5.41) is 0. The summed E-state index contributed by atoms with van der Waals surface area (Å²) in [5.74, 6) is -5.41. The topological polar surface area (TPSA) is 24.9 Å². The fourth-order valence-electron chi connectivity index (χ4n) is 1.67. The van der Waals surface area contributed by atoms with Gasteiger partial charge in [-0.25, -0.2) is 8.78 Å². The van der Waals surface area contributed by atoms with Crippen LogP contribution in [0.15, 0.2) is 36.0 Å². The van der Waals surface area contributed by atoms with Crippen LogP contribution in [0.4, 0.5) is 17.6 Å². The third-order valence-electron chi connectivity index (χ3n) is 2.68. The van der Waals surface area contributed by atoms with Crippen LogP contribution in [-0.4, -0.2) is 18.7 Å². The molecule has 0 spiro atoms. The number of ether oxygens (including phenoxy) is 1. The molecule has 0 radical (unpaired) electrons. The van der Waals surface area contributed by atoms with Crippen molar-refractivity contribution < 1.29 is 22.3 Å². The molecule has 96 valence electrons. The van der Waals surface area contributed by atoms with Crippen molar-refractivity contribution in [3.63, 3.8) is 0 Å². The van der Waals surface area contributed by atoms with Crippen LogP contribution in [0.3, 0.4) is 0 Å². The smallest absolute Gasteiger partial charge is 0.317 e. The average Bonchev–Trinajstić information content (AvgIpc) is 3.08. The average molecular weight is 259 g/mol. The van der Waals surface area contributed by atoms with E-state index in [9.17, 15) is 17.6 Å². The maximum atomic E-state index is 13.8. The van der Waals surface area contributed by atoms with Gasteiger partial charge in [-0.05, 0) is 12.1 Å². The molecule has 2 nitrogen and oxygen atoms in total. The zero-order chi connectivity index (χ0) is 13.4. The van der Waals surface area contributed by atoms with Gasteiger partial charge in [-0.1, -0.05) is 6.58 Å². The molecular formula is C12H9F4NO. The molecule has 6 heteroatoms. The number of aliphatic imine (C=N–C) groups is 1. The van der Waals surface area contributed by atoms with E-state index in [1.165, 1.54) is 0 Å². The Hall–Kier alpha value is -1.69. The van der Waals surface area contributed by atoms with Crippen molar-refractivity contribution in [1.82, 2.24) is 0 Å². The summed E-state index contributed by atoms with van der Waals surface area (Å²) >= 11 is 0. The lowest BCUT2D eigenvalue weighted by atomic mass is 9.93. The van der Waals surface area contributed by atoms with Crippen LogP contribution in [-0.2, 0) is 10.3 Å². The number of rotatable bonds is 4. The Bertz CT molecular complexity index is 509. The SMILES string of the molecule is C=CN=CC(F)(F)C1(c2ccc(F)cc2F)CO1. The lowest BCUT2D eigenvalue weighted by Crippen LogP contribution is -2.37. The first-order chi connectivity index (χ1) is 8.43. The van der Waals surface area contributed by atoms with E-state index in [4.69, 9.17) is 4.74 Å². The van der Waals surface area contributed by atoms with E-state index in [0.29, 0.717) is 12.3 Å². The quantitative estimate of drug-likeness (QED) is 0.463. The molecule has 0 N–H and O–H groups in total. The fourth-order valence-corrected chi connectivity index (χ4v) is 1.67. The van der Waals surface area contributed by atoms with Crippen LogP contribution < -0.4 is 0 Å². The molecule has 1 aliphatic rings. The number of epoxide rings is 1. The first-order valence-corrected chi connectivity index (χ1v) is 5.05. The van der Waals surface area contributed by atoms with Gasteiger partial charge in [0.15, 0.2) is 5.60 Å². The Labute approximate surface area is 101 Å². The summed E-state index contributed by atoms with van der Waals surface area (Å²) in [6, 6.07) is 2.40. The molecule has 2 rings (SSSR count). The van der Waals surface area contributed by atoms with E-state index >= 15 is 0 Å². The van der Waals surface area contributed by atoms with Gasteiger partial charge in [-0.3, -0.25) is 4.99 Å². The third-order valence-corrected chi connectivity index (χ3v) is 2.68. The van der Waals surface area contributed by atoms with Crippen molar-refractivity contribution in [3.05, 3.63) is 48.2 Å². The minimum Gasteiger partial charge on any atom is -0.357 e. The molecule has 0 saturated carbocycles. The van der Waals surface area contributed by atoms with Crippen LogP contribution in [0.2, 0.25) is 0 Å². The van der Waals surface area contributed by atoms with Crippen LogP contribution >= 0.6 is 0 Å². The number of hydrogen-bond acceptors (Lipinski definition) is 2. The van der Waals surface area contributed by atoms with Crippen molar-refractivity contribution in [3.8, 4) is 0 Å². The van der Waals surface area contributed by atoms with Gasteiger partial charge in [0.25, 0.3) is 0 Å². The van der Waals surface area contributed by atoms with E-state index in [1.807, 2.05) is 0 Å². The van der Waals surface area contributed by atoms with Crippen LogP contribution in [0.1, 0.15) is 5.56 Å². The Morgan fingerprint density at radius 2 is 2.06 bits per heavy atom. The van der Waals surface area contributed by atoms with Gasteiger partial charge in [-0.15, -0.1) is 0 Å². The van der Waals surface area contributed by atoms with Gasteiger partial charge >= 0.3 is 5.92 Å². The summed E-state index contributed by atoms with van der Waals surface area (Å²) in [6.07, 6.45) is 1.28. The molecule has 0 aromatic heterocycles. The highest BCUT2D eigenvalue weighted by molar-refractivity contribution is 5.71. The van der Waals surface area contributed by atoms with E-state index < -0.39 is 23.2 Å². The number of alkyl halides is 2. The Kier molecular flexibility index (Phi) is 2.98. The number of hydrogen-bond donors (Lipinski definition) is 0. The Morgan fingerprint density at radius 1 is 1.39 bits per heavy atom. The standard InChI is InChI=1S/C12H9F4NO/c1-2-17-6-12(15,16)11(7-18-11)9-4-3-8(13)5-10(9)14/h2-6H,1,7H2. The Balaban J connectivity index is 2.42. The molecule has 1 atom stereocenters. The molecule has 1 fully saturated rings. The van der Waals surface area contributed by atoms with Gasteiger partial charge in [0, 0.05) is 17.8 Å². The highest BCUT2D eigenvalue weighted by Crippen LogP contribution is 2.50. The summed E-state index contributed by atoms with van der Waals surface area (Å²) in [4.78, 5) is 3.23. The maximum absolute atomic E-state index is 13.8. The van der Waals surface area contributed by atoms with Gasteiger partial charge in [0.2, 0.25) is 0 Å². The van der Waals surface area contributed by atoms with Crippen molar-refractivity contribution in [1.29, 1.82) is 0 Å². The van der Waals surface area contributed by atoms with Crippen LogP contribution in [0.25, 0.3) is 0 Å². The second-order valence-corrected chi connectivity index (χ2v) is 3.82. The molecule has 18 heavy (non-hydrogen) atoms. The second-order valence-electron chi connectivity index (χ2n) is 3.82. The molecule has 1 aromatic carbocycles. The summed E-state index contributed by atoms with van der Waals surface area (Å²) in [7, 11) is 0. The number of halogens is 4. The zero-order valence-electron chi connectivity index (χ0n) is 9.17. The Morgan fingerprint density at radius 3 is 2.56 bits per heavy atom. The van der Waals surface area contributed by atoms with Gasteiger partial charge in [0.05, 0.1) is 12.8 Å². The van der Waals surface area contributed by atoms with Crippen LogP contribution in [0, 0.1) is 11.6 Å². The monoisotopic (exact) mass is 259 g/mol. The highest BCUT2D eigenvalue weighted by Gasteiger charge is 2.66. The summed E-state index contributed by atoms with van der Waals surface area (Å²) in [6.45, 7) is 2.82. The van der Waals surface area contributed by atoms with E-state index in [0.717, 1.165) is 18.3 Å². The summed E-state index contributed by atoms with van der Waals surface area (Å²) in [5.41, 5.74) is -2.48. The molecule has 0 bridgehead atoms. The van der Waals surface area contributed by atoms with Crippen molar-refractivity contribution in [2.45, 2.75) is 11.5 Å². The van der Waals surface area contributed by atoms with E-state index in [-0.39, 0.29) is 12.2 Å². The van der Waals surface area contributed by atoms with Crippen molar-refractivity contribution in [2.24, 2.45) is 4.99 Å². The first-order valence-electron chi connectivity index (χ1n) is 5.05. The van der Waals surface area contributed by atoms with Crippen LogP contribution in [0.5, 0.6) is 0 Å². The largest absolute Gasteiger partial charge is 0.357 e. The van der Waals surface area contributed by atoms with E-state index in [1.54, 1.807) is 0 Å². The molecule has 0 amide bonds. The minimum absolute atomic E-state index is 0.343. The predicted octanol–water partition coefficient (Wildman–Crippen LogP) is 3.04. The normalized spacial score (nSPS) is 23.3. The molecule has 1 aliphatic heterocycles. The molecule has 1 saturated heterocycles. The number of benzene rings is 1. The zero-order valence-corrected chi connectivity index (χ0v) is 9.17. The minimum atomic E-state index is -3.50. The van der Waals surface area contributed by atoms with Gasteiger partial charge in [0.1, 0.15) is 11.6 Å². The number of nitrogens with zero attached hydrogens (tertiary/aromatic N) is 1.